The predicted molar refractivity (Wildman–Crippen MR) is 117 cm³/mol. The number of likely N-dealkylation sites (tertiary alicyclic amines) is 1. The number of anilines is 1. The average Bonchev–Trinajstić information content (AvgIpc) is 3.34. The Morgan fingerprint density at radius 3 is 2.74 bits per heavy atom. The van der Waals surface area contributed by atoms with Gasteiger partial charge in [-0.15, -0.1) is 0 Å². The number of sulfonamides is 1. The van der Waals surface area contributed by atoms with Crippen LogP contribution in [0, 0.1) is 5.82 Å². The second-order valence-corrected chi connectivity index (χ2v) is 9.66. The number of rotatable bonds is 6. The fourth-order valence-corrected chi connectivity index (χ4v) is 4.99. The molecule has 164 valence electrons. The van der Waals surface area contributed by atoms with E-state index < -0.39 is 15.8 Å². The Morgan fingerprint density at radius 2 is 2.03 bits per heavy atom. The van der Waals surface area contributed by atoms with Gasteiger partial charge in [-0.2, -0.15) is 8.42 Å². The highest BCUT2D eigenvalue weighted by atomic mass is 35.5. The van der Waals surface area contributed by atoms with Crippen molar-refractivity contribution in [1.82, 2.24) is 14.5 Å². The van der Waals surface area contributed by atoms with Crippen molar-refractivity contribution in [2.75, 3.05) is 24.9 Å². The summed E-state index contributed by atoms with van der Waals surface area (Å²) in [5.74, 6) is -0.120. The molecule has 1 saturated heterocycles. The predicted octanol–water partition coefficient (Wildman–Crippen LogP) is 4.20. The van der Waals surface area contributed by atoms with Crippen LogP contribution in [-0.4, -0.2) is 49.1 Å². The summed E-state index contributed by atoms with van der Waals surface area (Å²) in [6.45, 7) is 1.69. The topological polar surface area (TPSA) is 76.5 Å². The second kappa shape index (κ2) is 8.66. The minimum absolute atomic E-state index is 0.0155. The van der Waals surface area contributed by atoms with Crippen molar-refractivity contribution in [1.29, 1.82) is 0 Å². The van der Waals surface area contributed by atoms with Gasteiger partial charge in [-0.05, 0) is 43.8 Å². The summed E-state index contributed by atoms with van der Waals surface area (Å²) in [5, 5.41) is 0.267. The normalized spacial score (nSPS) is 17.1. The van der Waals surface area contributed by atoms with Gasteiger partial charge in [0.05, 0.1) is 21.9 Å². The van der Waals surface area contributed by atoms with E-state index >= 15 is 0 Å². The monoisotopic (exact) mass is 484 g/mol. The van der Waals surface area contributed by atoms with E-state index in [1.54, 1.807) is 18.2 Å². The van der Waals surface area contributed by atoms with Crippen molar-refractivity contribution in [3.05, 3.63) is 64.7 Å². The summed E-state index contributed by atoms with van der Waals surface area (Å²) in [4.78, 5) is 6.06. The summed E-state index contributed by atoms with van der Waals surface area (Å²) in [7, 11) is -2.02. The minimum atomic E-state index is -4.03. The first kappa shape index (κ1) is 21.9. The largest absolute Gasteiger partial charge is 0.487 e. The molecule has 1 aliphatic rings. The maximum Gasteiger partial charge on any atom is 0.277 e. The van der Waals surface area contributed by atoms with Gasteiger partial charge in [0, 0.05) is 25.4 Å². The molecule has 1 atom stereocenters. The van der Waals surface area contributed by atoms with Crippen LogP contribution in [0.5, 0.6) is 5.75 Å². The molecule has 0 spiro atoms. The molecule has 3 aromatic rings. The Bertz CT molecular complexity index is 1220. The van der Waals surface area contributed by atoms with E-state index in [1.165, 1.54) is 22.9 Å². The maximum atomic E-state index is 13.3. The Balaban J connectivity index is 1.60. The maximum absolute atomic E-state index is 13.3. The van der Waals surface area contributed by atoms with Gasteiger partial charge in [-0.3, -0.25) is 9.29 Å². The van der Waals surface area contributed by atoms with Gasteiger partial charge in [-0.25, -0.2) is 9.37 Å². The number of hydrogen-bond donors (Lipinski definition) is 1. The highest BCUT2D eigenvalue weighted by Crippen LogP contribution is 2.31. The standard InChI is InChI=1S/C20H19Cl2FN4O3S/c1-26-8-6-15(12-26)30-18-10-14(4-5-16(18)21)25-31(28,29)19-3-2-7-27(19)20-17(22)9-13(23)11-24-20/h2-5,7,9-11,15,25H,6,8,12H2,1H3. The number of halogens is 3. The first-order valence-electron chi connectivity index (χ1n) is 9.39. The zero-order valence-corrected chi connectivity index (χ0v) is 18.8. The number of pyridine rings is 1. The van der Waals surface area contributed by atoms with Crippen LogP contribution in [0.1, 0.15) is 6.42 Å². The molecule has 1 aliphatic heterocycles. The zero-order chi connectivity index (χ0) is 22.2. The molecular weight excluding hydrogens is 466 g/mol. The minimum Gasteiger partial charge on any atom is -0.487 e. The number of nitrogens with one attached hydrogen (secondary N) is 1. The van der Waals surface area contributed by atoms with Crippen LogP contribution in [0.4, 0.5) is 10.1 Å². The van der Waals surface area contributed by atoms with E-state index in [9.17, 15) is 12.8 Å². The number of nitrogens with zero attached hydrogens (tertiary/aromatic N) is 3. The summed E-state index contributed by atoms with van der Waals surface area (Å²) >= 11 is 12.3. The van der Waals surface area contributed by atoms with E-state index in [0.717, 1.165) is 31.8 Å². The van der Waals surface area contributed by atoms with E-state index in [0.29, 0.717) is 10.8 Å². The van der Waals surface area contributed by atoms with E-state index in [-0.39, 0.29) is 27.7 Å². The third kappa shape index (κ3) is 4.79. The van der Waals surface area contributed by atoms with Crippen LogP contribution >= 0.6 is 23.2 Å². The molecule has 0 saturated carbocycles. The van der Waals surface area contributed by atoms with E-state index in [1.807, 2.05) is 7.05 Å². The smallest absolute Gasteiger partial charge is 0.277 e. The third-order valence-electron chi connectivity index (χ3n) is 4.83. The molecule has 0 bridgehead atoms. The first-order chi connectivity index (χ1) is 14.7. The van der Waals surface area contributed by atoms with Gasteiger partial charge in [0.2, 0.25) is 0 Å². The number of likely N-dealkylation sites (N-methyl/N-ethyl adjacent to an activating group) is 1. The van der Waals surface area contributed by atoms with Gasteiger partial charge >= 0.3 is 0 Å². The Labute approximate surface area is 189 Å². The van der Waals surface area contributed by atoms with Crippen molar-refractivity contribution in [3.8, 4) is 11.6 Å². The van der Waals surface area contributed by atoms with Crippen molar-refractivity contribution >= 4 is 38.9 Å². The van der Waals surface area contributed by atoms with E-state index in [2.05, 4.69) is 14.6 Å². The third-order valence-corrected chi connectivity index (χ3v) is 6.81. The van der Waals surface area contributed by atoms with Crippen molar-refractivity contribution in [2.24, 2.45) is 0 Å². The average molecular weight is 485 g/mol. The summed E-state index contributed by atoms with van der Waals surface area (Å²) < 4.78 is 49.2. The fraction of sp³-hybridized carbons (Fsp3) is 0.250. The van der Waals surface area contributed by atoms with Crippen LogP contribution < -0.4 is 9.46 Å². The summed E-state index contributed by atoms with van der Waals surface area (Å²) in [6.07, 6.45) is 3.29. The Morgan fingerprint density at radius 1 is 1.23 bits per heavy atom. The van der Waals surface area contributed by atoms with Crippen LogP contribution in [0.15, 0.2) is 53.8 Å². The van der Waals surface area contributed by atoms with Crippen LogP contribution in [0.25, 0.3) is 5.82 Å². The lowest BCUT2D eigenvalue weighted by Gasteiger charge is -2.17. The molecule has 4 rings (SSSR count). The number of benzene rings is 1. The molecular formula is C20H19Cl2FN4O3S. The highest BCUT2D eigenvalue weighted by Gasteiger charge is 2.24. The van der Waals surface area contributed by atoms with Crippen LogP contribution in [0.3, 0.4) is 0 Å². The molecule has 7 nitrogen and oxygen atoms in total. The van der Waals surface area contributed by atoms with Gasteiger partial charge in [0.15, 0.2) is 10.8 Å². The Kier molecular flexibility index (Phi) is 6.11. The lowest BCUT2D eigenvalue weighted by molar-refractivity contribution is 0.208. The molecule has 11 heteroatoms. The number of aromatic nitrogens is 2. The molecule has 1 fully saturated rings. The zero-order valence-electron chi connectivity index (χ0n) is 16.4. The lowest BCUT2D eigenvalue weighted by Crippen LogP contribution is -2.21. The Hall–Kier alpha value is -2.33. The quantitative estimate of drug-likeness (QED) is 0.567. The molecule has 0 radical (unpaired) electrons. The molecule has 3 heterocycles. The number of ether oxygens (including phenoxy) is 1. The molecule has 1 aromatic carbocycles. The molecule has 31 heavy (non-hydrogen) atoms. The van der Waals surface area contributed by atoms with Crippen molar-refractivity contribution < 1.29 is 17.5 Å². The highest BCUT2D eigenvalue weighted by molar-refractivity contribution is 7.92. The van der Waals surface area contributed by atoms with Crippen molar-refractivity contribution in [3.63, 3.8) is 0 Å². The molecule has 1 unspecified atom stereocenters. The fourth-order valence-electron chi connectivity index (χ4n) is 3.38. The molecule has 0 amide bonds. The lowest BCUT2D eigenvalue weighted by atomic mass is 10.3. The first-order valence-corrected chi connectivity index (χ1v) is 11.6. The summed E-state index contributed by atoms with van der Waals surface area (Å²) in [6, 6.07) is 8.66. The molecule has 2 aromatic heterocycles. The van der Waals surface area contributed by atoms with E-state index in [4.69, 9.17) is 27.9 Å². The molecule has 1 N–H and O–H groups in total. The van der Waals surface area contributed by atoms with Gasteiger partial charge in [-0.1, -0.05) is 23.2 Å². The summed E-state index contributed by atoms with van der Waals surface area (Å²) in [5.41, 5.74) is 0.289. The van der Waals surface area contributed by atoms with Crippen LogP contribution in [-0.2, 0) is 10.0 Å². The number of hydrogen-bond acceptors (Lipinski definition) is 5. The van der Waals surface area contributed by atoms with Gasteiger partial charge in [0.25, 0.3) is 10.0 Å². The van der Waals surface area contributed by atoms with Gasteiger partial charge in [0.1, 0.15) is 17.7 Å². The van der Waals surface area contributed by atoms with Crippen LogP contribution in [0.2, 0.25) is 10.0 Å². The van der Waals surface area contributed by atoms with Gasteiger partial charge < -0.3 is 9.64 Å². The van der Waals surface area contributed by atoms with Crippen molar-refractivity contribution in [2.45, 2.75) is 17.6 Å². The molecule has 0 aliphatic carbocycles. The second-order valence-electron chi connectivity index (χ2n) is 7.22. The SMILES string of the molecule is CN1CCC(Oc2cc(NS(=O)(=O)c3cccn3-c3ncc(F)cc3Cl)ccc2Cl)C1.